The maximum absolute atomic E-state index is 13.5. The van der Waals surface area contributed by atoms with Crippen LogP contribution in [0.25, 0.3) is 0 Å². The van der Waals surface area contributed by atoms with Gasteiger partial charge in [-0.3, -0.25) is 9.69 Å². The molecular formula is C21H23F2NO4. The van der Waals surface area contributed by atoms with Crippen LogP contribution in [0, 0.1) is 11.6 Å². The van der Waals surface area contributed by atoms with Crippen LogP contribution in [0.3, 0.4) is 0 Å². The van der Waals surface area contributed by atoms with Crippen LogP contribution < -0.4 is 4.74 Å². The Kier molecular flexibility index (Phi) is 6.72. The third kappa shape index (κ3) is 5.13. The third-order valence-corrected chi connectivity index (χ3v) is 4.63. The quantitative estimate of drug-likeness (QED) is 0.736. The number of morpholine rings is 1. The Morgan fingerprint density at radius 2 is 2.07 bits per heavy atom. The van der Waals surface area contributed by atoms with Crippen LogP contribution >= 0.6 is 0 Å². The lowest BCUT2D eigenvalue weighted by Gasteiger charge is -2.34. The van der Waals surface area contributed by atoms with Gasteiger partial charge in [-0.05, 0) is 36.8 Å². The summed E-state index contributed by atoms with van der Waals surface area (Å²) in [6, 6.07) is 10.6. The first-order valence-electron chi connectivity index (χ1n) is 9.13. The molecule has 0 spiro atoms. The Balaban J connectivity index is 1.54. The summed E-state index contributed by atoms with van der Waals surface area (Å²) in [6.07, 6.45) is -1.17. The van der Waals surface area contributed by atoms with E-state index in [9.17, 15) is 18.7 Å². The number of aliphatic hydroxyl groups excluding tert-OH is 1. The second-order valence-electron chi connectivity index (χ2n) is 6.81. The molecule has 150 valence electrons. The maximum atomic E-state index is 13.5. The van der Waals surface area contributed by atoms with Gasteiger partial charge in [0.1, 0.15) is 18.5 Å². The van der Waals surface area contributed by atoms with E-state index in [1.807, 2.05) is 4.90 Å². The first-order valence-corrected chi connectivity index (χ1v) is 9.13. The standard InChI is InChI=1S/C21H23F2NO4/c1-14(25)17-4-2-3-5-20(17)28-13-16(26)11-24-8-9-27-21(12-24)15-6-7-18(22)19(23)10-15/h2-7,10,16,21,26H,8-9,11-13H2,1H3. The number of benzene rings is 2. The smallest absolute Gasteiger partial charge is 0.163 e. The zero-order valence-corrected chi connectivity index (χ0v) is 15.6. The minimum absolute atomic E-state index is 0.0392. The summed E-state index contributed by atoms with van der Waals surface area (Å²) in [5.74, 6) is -1.46. The minimum atomic E-state index is -0.907. The van der Waals surface area contributed by atoms with Crippen LogP contribution in [0.5, 0.6) is 5.75 Å². The van der Waals surface area contributed by atoms with Crippen LogP contribution in [0.2, 0.25) is 0 Å². The van der Waals surface area contributed by atoms with E-state index in [2.05, 4.69) is 0 Å². The van der Waals surface area contributed by atoms with Crippen molar-refractivity contribution in [1.82, 2.24) is 4.90 Å². The average molecular weight is 391 g/mol. The van der Waals surface area contributed by atoms with Crippen LogP contribution in [-0.2, 0) is 4.74 Å². The zero-order valence-electron chi connectivity index (χ0n) is 15.6. The van der Waals surface area contributed by atoms with Crippen molar-refractivity contribution in [2.75, 3.05) is 32.8 Å². The van der Waals surface area contributed by atoms with Crippen molar-refractivity contribution in [3.8, 4) is 5.75 Å². The van der Waals surface area contributed by atoms with Crippen molar-refractivity contribution < 1.29 is 28.2 Å². The topological polar surface area (TPSA) is 59.0 Å². The normalized spacial score (nSPS) is 18.6. The van der Waals surface area contributed by atoms with E-state index in [1.165, 1.54) is 13.0 Å². The Labute approximate surface area is 162 Å². The van der Waals surface area contributed by atoms with E-state index in [0.29, 0.717) is 43.1 Å². The van der Waals surface area contributed by atoms with Gasteiger partial charge in [-0.1, -0.05) is 18.2 Å². The number of carbonyl (C=O) groups excluding carboxylic acids is 1. The second-order valence-corrected chi connectivity index (χ2v) is 6.81. The van der Waals surface area contributed by atoms with Gasteiger partial charge in [0.15, 0.2) is 17.4 Å². The van der Waals surface area contributed by atoms with Crippen molar-refractivity contribution in [1.29, 1.82) is 0 Å². The van der Waals surface area contributed by atoms with E-state index in [1.54, 1.807) is 24.3 Å². The molecule has 28 heavy (non-hydrogen) atoms. The second kappa shape index (κ2) is 9.23. The lowest BCUT2D eigenvalue weighted by Crippen LogP contribution is -2.43. The largest absolute Gasteiger partial charge is 0.490 e. The Morgan fingerprint density at radius 1 is 1.29 bits per heavy atom. The summed E-state index contributed by atoms with van der Waals surface area (Å²) >= 11 is 0. The number of hydrogen-bond donors (Lipinski definition) is 1. The first kappa shape index (κ1) is 20.4. The number of ether oxygens (including phenoxy) is 2. The lowest BCUT2D eigenvalue weighted by molar-refractivity contribution is -0.0461. The number of para-hydroxylation sites is 1. The summed E-state index contributed by atoms with van der Waals surface area (Å²) in [5.41, 5.74) is 1.03. The fourth-order valence-electron chi connectivity index (χ4n) is 3.20. The summed E-state index contributed by atoms with van der Waals surface area (Å²) in [5, 5.41) is 10.3. The van der Waals surface area contributed by atoms with E-state index < -0.39 is 23.8 Å². The summed E-state index contributed by atoms with van der Waals surface area (Å²) in [7, 11) is 0. The van der Waals surface area contributed by atoms with Gasteiger partial charge in [-0.2, -0.15) is 0 Å². The highest BCUT2D eigenvalue weighted by atomic mass is 19.2. The highest BCUT2D eigenvalue weighted by Crippen LogP contribution is 2.24. The molecule has 0 saturated carbocycles. The molecule has 7 heteroatoms. The highest BCUT2D eigenvalue weighted by Gasteiger charge is 2.24. The van der Waals surface area contributed by atoms with Crippen LogP contribution in [0.15, 0.2) is 42.5 Å². The highest BCUT2D eigenvalue weighted by molar-refractivity contribution is 5.96. The fraction of sp³-hybridized carbons (Fsp3) is 0.381. The number of rotatable bonds is 7. The zero-order chi connectivity index (χ0) is 20.1. The molecule has 2 unspecified atom stereocenters. The molecule has 3 rings (SSSR count). The van der Waals surface area contributed by atoms with Gasteiger partial charge in [0.05, 0.1) is 18.3 Å². The van der Waals surface area contributed by atoms with Gasteiger partial charge in [-0.25, -0.2) is 8.78 Å². The number of hydrogen-bond acceptors (Lipinski definition) is 5. The van der Waals surface area contributed by atoms with Crippen molar-refractivity contribution in [2.45, 2.75) is 19.1 Å². The molecule has 1 N–H and O–H groups in total. The van der Waals surface area contributed by atoms with Gasteiger partial charge in [0.2, 0.25) is 0 Å². The molecule has 1 saturated heterocycles. The van der Waals surface area contributed by atoms with Crippen molar-refractivity contribution in [3.63, 3.8) is 0 Å². The molecule has 1 aliphatic rings. The van der Waals surface area contributed by atoms with Gasteiger partial charge >= 0.3 is 0 Å². The molecule has 2 atom stereocenters. The SMILES string of the molecule is CC(=O)c1ccccc1OCC(O)CN1CCOC(c2ccc(F)c(F)c2)C1. The van der Waals surface area contributed by atoms with E-state index in [-0.39, 0.29) is 12.4 Å². The molecule has 2 aromatic rings. The molecular weight excluding hydrogens is 368 g/mol. The van der Waals surface area contributed by atoms with Crippen molar-refractivity contribution in [3.05, 3.63) is 65.2 Å². The van der Waals surface area contributed by atoms with Crippen molar-refractivity contribution in [2.24, 2.45) is 0 Å². The summed E-state index contributed by atoms with van der Waals surface area (Å²) in [4.78, 5) is 13.6. The number of Topliss-reactive ketones (excluding diaryl/α,β-unsaturated/α-hetero) is 1. The molecule has 0 amide bonds. The Morgan fingerprint density at radius 3 is 2.82 bits per heavy atom. The minimum Gasteiger partial charge on any atom is -0.490 e. The summed E-state index contributed by atoms with van der Waals surface area (Å²) in [6.45, 7) is 3.33. The van der Waals surface area contributed by atoms with E-state index >= 15 is 0 Å². The van der Waals surface area contributed by atoms with Crippen LogP contribution in [-0.4, -0.2) is 54.7 Å². The first-order chi connectivity index (χ1) is 13.4. The summed E-state index contributed by atoms with van der Waals surface area (Å²) < 4.78 is 37.9. The Bertz CT molecular complexity index is 830. The Hall–Kier alpha value is -2.35. The van der Waals surface area contributed by atoms with Gasteiger partial charge < -0.3 is 14.6 Å². The molecule has 1 fully saturated rings. The van der Waals surface area contributed by atoms with Crippen LogP contribution in [0.1, 0.15) is 28.9 Å². The number of nitrogens with zero attached hydrogens (tertiary/aromatic N) is 1. The van der Waals surface area contributed by atoms with Crippen molar-refractivity contribution >= 4 is 5.78 Å². The predicted octanol–water partition coefficient (Wildman–Crippen LogP) is 2.98. The van der Waals surface area contributed by atoms with Crippen LogP contribution in [0.4, 0.5) is 8.78 Å². The number of carbonyl (C=O) groups is 1. The molecule has 2 aromatic carbocycles. The number of ketones is 1. The maximum Gasteiger partial charge on any atom is 0.163 e. The van der Waals surface area contributed by atoms with E-state index in [4.69, 9.17) is 9.47 Å². The molecule has 1 heterocycles. The predicted molar refractivity (Wildman–Crippen MR) is 99.4 cm³/mol. The number of aliphatic hydroxyl groups is 1. The van der Waals surface area contributed by atoms with Gasteiger partial charge in [0.25, 0.3) is 0 Å². The fourth-order valence-corrected chi connectivity index (χ4v) is 3.20. The van der Waals surface area contributed by atoms with Gasteiger partial charge in [0, 0.05) is 19.6 Å². The number of β-amino-alcohol motifs (C(OH)–C–C–N with tert-alkyl or cyclic N) is 1. The lowest BCUT2D eigenvalue weighted by atomic mass is 10.1. The molecule has 1 aliphatic heterocycles. The molecule has 0 radical (unpaired) electrons. The molecule has 5 nitrogen and oxygen atoms in total. The van der Waals surface area contributed by atoms with Gasteiger partial charge in [-0.15, -0.1) is 0 Å². The number of halogens is 2. The molecule has 0 aliphatic carbocycles. The van der Waals surface area contributed by atoms with E-state index in [0.717, 1.165) is 12.1 Å². The third-order valence-electron chi connectivity index (χ3n) is 4.63. The monoisotopic (exact) mass is 391 g/mol. The molecule has 0 bridgehead atoms. The average Bonchev–Trinajstić information content (AvgIpc) is 2.69. The molecule has 0 aromatic heterocycles.